The van der Waals surface area contributed by atoms with E-state index in [1.165, 1.54) is 0 Å². The number of hydrogen-bond acceptors (Lipinski definition) is 3. The summed E-state index contributed by atoms with van der Waals surface area (Å²) in [5.74, 6) is 0.138. The van der Waals surface area contributed by atoms with Crippen LogP contribution >= 0.6 is 0 Å². The van der Waals surface area contributed by atoms with E-state index in [1.54, 1.807) is 6.07 Å². The van der Waals surface area contributed by atoms with E-state index < -0.39 is 0 Å². The minimum absolute atomic E-state index is 0.109. The average molecular weight is 381 g/mol. The number of allylic oxidation sites excluding steroid dienone is 1. The first-order chi connectivity index (χ1) is 13.3. The highest BCUT2D eigenvalue weighted by molar-refractivity contribution is 5.96. The maximum Gasteiger partial charge on any atom is 0.255 e. The second-order valence-corrected chi connectivity index (χ2v) is 9.39. The molecule has 5 heteroatoms. The van der Waals surface area contributed by atoms with Crippen LogP contribution < -0.4 is 16.2 Å². The van der Waals surface area contributed by atoms with Crippen LogP contribution in [0.3, 0.4) is 0 Å². The molecule has 1 aromatic carbocycles. The van der Waals surface area contributed by atoms with E-state index >= 15 is 4.39 Å². The maximum atomic E-state index is 15.4. The van der Waals surface area contributed by atoms with Crippen LogP contribution in [0.1, 0.15) is 55.8 Å². The molecule has 1 unspecified atom stereocenters. The normalized spacial score (nSPS) is 21.8. The molecule has 1 aliphatic heterocycles. The van der Waals surface area contributed by atoms with Gasteiger partial charge in [-0.25, -0.2) is 4.39 Å². The molecule has 3 aliphatic rings. The van der Waals surface area contributed by atoms with Crippen molar-refractivity contribution in [3.05, 3.63) is 45.0 Å². The molecule has 1 aromatic heterocycles. The fourth-order valence-electron chi connectivity index (χ4n) is 5.12. The molecule has 0 bridgehead atoms. The lowest BCUT2D eigenvalue weighted by atomic mass is 9.88. The van der Waals surface area contributed by atoms with E-state index in [-0.39, 0.29) is 23.0 Å². The number of hydrogen-bond donors (Lipinski definition) is 1. The number of nitrogens with zero attached hydrogens (tertiary/aromatic N) is 2. The molecule has 2 fully saturated rings. The molecule has 0 amide bonds. The third kappa shape index (κ3) is 2.55. The van der Waals surface area contributed by atoms with Crippen molar-refractivity contribution in [3.8, 4) is 0 Å². The van der Waals surface area contributed by atoms with Crippen LogP contribution in [-0.4, -0.2) is 23.2 Å². The standard InChI is InChI=1S/C23H28FN3O/c1-13-20-18(16-5-4-6-17(16)22(28)27(20)15-7-8-15)11-19(24)21(13)26-10-9-14(12-26)23(2,3)25/h4-5,11,14-15H,6-10,12,25H2,1-3H3. The van der Waals surface area contributed by atoms with Crippen LogP contribution in [0.2, 0.25) is 0 Å². The summed E-state index contributed by atoms with van der Waals surface area (Å²) < 4.78 is 17.3. The summed E-state index contributed by atoms with van der Waals surface area (Å²) >= 11 is 0. The number of aryl methyl sites for hydroxylation is 1. The first-order valence-electron chi connectivity index (χ1n) is 10.4. The van der Waals surface area contributed by atoms with Crippen molar-refractivity contribution >= 4 is 22.7 Å². The molecular weight excluding hydrogens is 353 g/mol. The summed E-state index contributed by atoms with van der Waals surface area (Å²) in [6, 6.07) is 1.91. The molecule has 4 nitrogen and oxygen atoms in total. The van der Waals surface area contributed by atoms with Gasteiger partial charge in [-0.15, -0.1) is 0 Å². The number of halogens is 1. The van der Waals surface area contributed by atoms with Crippen molar-refractivity contribution in [2.75, 3.05) is 18.0 Å². The Kier molecular flexibility index (Phi) is 3.80. The van der Waals surface area contributed by atoms with Crippen LogP contribution in [0.4, 0.5) is 10.1 Å². The van der Waals surface area contributed by atoms with Gasteiger partial charge in [-0.2, -0.15) is 0 Å². The molecular formula is C23H28FN3O. The molecule has 0 radical (unpaired) electrons. The molecule has 2 heterocycles. The molecule has 1 atom stereocenters. The number of rotatable bonds is 3. The molecule has 2 N–H and O–H groups in total. The van der Waals surface area contributed by atoms with Gasteiger partial charge in [0.25, 0.3) is 5.56 Å². The topological polar surface area (TPSA) is 51.3 Å². The largest absolute Gasteiger partial charge is 0.369 e. The highest BCUT2D eigenvalue weighted by Crippen LogP contribution is 2.42. The van der Waals surface area contributed by atoms with Gasteiger partial charge in [0.1, 0.15) is 5.82 Å². The SMILES string of the molecule is Cc1c(N2CCC(C(C)(C)N)C2)c(F)cc2c3c(c(=O)n(C4CC4)c12)CC=C3. The highest BCUT2D eigenvalue weighted by Gasteiger charge is 2.36. The van der Waals surface area contributed by atoms with Gasteiger partial charge in [-0.3, -0.25) is 4.79 Å². The Bertz CT molecular complexity index is 1070. The van der Waals surface area contributed by atoms with E-state index in [2.05, 4.69) is 4.90 Å². The van der Waals surface area contributed by atoms with Crippen LogP contribution in [0.25, 0.3) is 17.0 Å². The lowest BCUT2D eigenvalue weighted by Gasteiger charge is -2.29. The lowest BCUT2D eigenvalue weighted by molar-refractivity contribution is 0.348. The second kappa shape index (κ2) is 5.93. The zero-order valence-electron chi connectivity index (χ0n) is 16.9. The van der Waals surface area contributed by atoms with Gasteiger partial charge in [-0.1, -0.05) is 12.2 Å². The highest BCUT2D eigenvalue weighted by atomic mass is 19.1. The Morgan fingerprint density at radius 2 is 2.00 bits per heavy atom. The summed E-state index contributed by atoms with van der Waals surface area (Å²) in [5.41, 5.74) is 10.3. The van der Waals surface area contributed by atoms with Crippen molar-refractivity contribution in [2.24, 2.45) is 11.7 Å². The monoisotopic (exact) mass is 381 g/mol. The molecule has 28 heavy (non-hydrogen) atoms. The predicted molar refractivity (Wildman–Crippen MR) is 112 cm³/mol. The van der Waals surface area contributed by atoms with Crippen LogP contribution in [0, 0.1) is 18.7 Å². The number of pyridine rings is 1. The van der Waals surface area contributed by atoms with E-state index in [0.717, 1.165) is 59.9 Å². The minimum atomic E-state index is -0.280. The fraction of sp³-hybridized carbons (Fsp3) is 0.522. The summed E-state index contributed by atoms with van der Waals surface area (Å²) in [6.07, 6.45) is 7.67. The summed E-state index contributed by atoms with van der Waals surface area (Å²) in [4.78, 5) is 15.3. The third-order valence-corrected chi connectivity index (χ3v) is 6.87. The van der Waals surface area contributed by atoms with E-state index in [0.29, 0.717) is 18.0 Å². The third-order valence-electron chi connectivity index (χ3n) is 6.87. The van der Waals surface area contributed by atoms with Crippen molar-refractivity contribution in [1.82, 2.24) is 4.57 Å². The van der Waals surface area contributed by atoms with E-state index in [1.807, 2.05) is 37.5 Å². The molecule has 1 saturated heterocycles. The Morgan fingerprint density at radius 3 is 2.64 bits per heavy atom. The van der Waals surface area contributed by atoms with Gasteiger partial charge in [0.05, 0.1) is 11.2 Å². The summed E-state index contributed by atoms with van der Waals surface area (Å²) in [5, 5.41) is 0.879. The lowest BCUT2D eigenvalue weighted by Crippen LogP contribution is -2.42. The fourth-order valence-corrected chi connectivity index (χ4v) is 5.12. The Hall–Kier alpha value is -2.14. The number of benzene rings is 1. The van der Waals surface area contributed by atoms with Crippen LogP contribution in [0.5, 0.6) is 0 Å². The molecule has 2 aliphatic carbocycles. The Balaban J connectivity index is 1.73. The molecule has 1 saturated carbocycles. The molecule has 2 aromatic rings. The summed E-state index contributed by atoms with van der Waals surface area (Å²) in [6.45, 7) is 7.62. The minimum Gasteiger partial charge on any atom is -0.369 e. The maximum absolute atomic E-state index is 15.4. The van der Waals surface area contributed by atoms with E-state index in [4.69, 9.17) is 5.73 Å². The van der Waals surface area contributed by atoms with Crippen molar-refractivity contribution in [1.29, 1.82) is 0 Å². The number of nitrogens with two attached hydrogens (primary N) is 1. The van der Waals surface area contributed by atoms with Crippen LogP contribution in [-0.2, 0) is 6.42 Å². The van der Waals surface area contributed by atoms with Gasteiger partial charge < -0.3 is 15.2 Å². The van der Waals surface area contributed by atoms with Gasteiger partial charge in [0.2, 0.25) is 0 Å². The molecule has 0 spiro atoms. The predicted octanol–water partition coefficient (Wildman–Crippen LogP) is 3.92. The van der Waals surface area contributed by atoms with Gasteiger partial charge in [-0.05, 0) is 69.6 Å². The second-order valence-electron chi connectivity index (χ2n) is 9.39. The van der Waals surface area contributed by atoms with E-state index in [9.17, 15) is 4.79 Å². The number of anilines is 1. The Morgan fingerprint density at radius 1 is 1.25 bits per heavy atom. The van der Waals surface area contributed by atoms with Gasteiger partial charge in [0.15, 0.2) is 0 Å². The first-order valence-corrected chi connectivity index (χ1v) is 10.4. The van der Waals surface area contributed by atoms with Gasteiger partial charge >= 0.3 is 0 Å². The zero-order chi connectivity index (χ0) is 19.8. The molecule has 5 rings (SSSR count). The quantitative estimate of drug-likeness (QED) is 0.877. The summed E-state index contributed by atoms with van der Waals surface area (Å²) in [7, 11) is 0. The van der Waals surface area contributed by atoms with Crippen molar-refractivity contribution < 1.29 is 4.39 Å². The first kappa shape index (κ1) is 17.9. The van der Waals surface area contributed by atoms with Crippen molar-refractivity contribution in [3.63, 3.8) is 0 Å². The molecule has 148 valence electrons. The van der Waals surface area contributed by atoms with Gasteiger partial charge in [0, 0.05) is 35.6 Å². The smallest absolute Gasteiger partial charge is 0.255 e. The number of aromatic nitrogens is 1. The number of fused-ring (bicyclic) bond motifs is 3. The Labute approximate surface area is 164 Å². The van der Waals surface area contributed by atoms with Crippen LogP contribution in [0.15, 0.2) is 16.9 Å². The zero-order valence-corrected chi connectivity index (χ0v) is 16.9. The van der Waals surface area contributed by atoms with Crippen molar-refractivity contribution in [2.45, 2.75) is 58.0 Å². The average Bonchev–Trinajstić information content (AvgIpc) is 3.12.